The van der Waals surface area contributed by atoms with Crippen LogP contribution in [0.5, 0.6) is 0 Å². The smallest absolute Gasteiger partial charge is 0.253 e. The molecule has 3 rings (SSSR count). The van der Waals surface area contributed by atoms with Gasteiger partial charge in [-0.3, -0.25) is 4.79 Å². The molecule has 0 spiro atoms. The normalized spacial score (nSPS) is 10.7. The third-order valence-corrected chi connectivity index (χ3v) is 5.55. The van der Waals surface area contributed by atoms with E-state index in [0.717, 1.165) is 22.6 Å². The molecule has 0 N–H and O–H groups in total. The molecule has 0 aliphatic carbocycles. The molecule has 0 bridgehead atoms. The molecule has 1 heterocycles. The van der Waals surface area contributed by atoms with Crippen molar-refractivity contribution in [2.45, 2.75) is 13.3 Å². The first kappa shape index (κ1) is 17.7. The second-order valence-electron chi connectivity index (χ2n) is 6.31. The Balaban J connectivity index is 1.79. The molecule has 0 saturated heterocycles. The first-order valence-electron chi connectivity index (χ1n) is 8.10. The fourth-order valence-corrected chi connectivity index (χ4v) is 3.91. The van der Waals surface area contributed by atoms with Crippen LogP contribution < -0.4 is 0 Å². The van der Waals surface area contributed by atoms with Crippen molar-refractivity contribution in [1.29, 1.82) is 0 Å². The highest BCUT2D eigenvalue weighted by atomic mass is 35.5. The van der Waals surface area contributed by atoms with E-state index in [2.05, 4.69) is 25.1 Å². The summed E-state index contributed by atoms with van der Waals surface area (Å²) in [5, 5.41) is 0.812. The highest BCUT2D eigenvalue weighted by molar-refractivity contribution is 7.15. The van der Waals surface area contributed by atoms with Crippen LogP contribution in [0.2, 0.25) is 5.02 Å². The molecule has 2 aromatic carbocycles. The van der Waals surface area contributed by atoms with Crippen molar-refractivity contribution in [3.05, 3.63) is 81.2 Å². The predicted octanol–water partition coefficient (Wildman–Crippen LogP) is 5.67. The Morgan fingerprint density at radius 2 is 1.76 bits per heavy atom. The summed E-state index contributed by atoms with van der Waals surface area (Å²) in [6.45, 7) is 2.08. The first-order chi connectivity index (χ1) is 11.9. The number of carbonyl (C=O) groups excluding carboxylic acids is 1. The van der Waals surface area contributed by atoms with Crippen molar-refractivity contribution < 1.29 is 4.79 Å². The van der Waals surface area contributed by atoms with Crippen molar-refractivity contribution in [3.8, 4) is 10.4 Å². The summed E-state index contributed by atoms with van der Waals surface area (Å²) in [4.78, 5) is 16.0. The predicted molar refractivity (Wildman–Crippen MR) is 107 cm³/mol. The molecule has 0 aliphatic rings. The highest BCUT2D eigenvalue weighted by Crippen LogP contribution is 2.31. The van der Waals surface area contributed by atoms with E-state index < -0.39 is 0 Å². The van der Waals surface area contributed by atoms with E-state index in [9.17, 15) is 4.79 Å². The van der Waals surface area contributed by atoms with Crippen LogP contribution in [-0.2, 0) is 6.42 Å². The molecule has 0 saturated carbocycles. The minimum absolute atomic E-state index is 0.0208. The molecule has 0 radical (unpaired) electrons. The molecule has 4 heteroatoms. The Hall–Kier alpha value is -2.10. The molecule has 25 heavy (non-hydrogen) atoms. The molecule has 1 aromatic heterocycles. The Kier molecular flexibility index (Phi) is 5.26. The van der Waals surface area contributed by atoms with Crippen LogP contribution in [0.4, 0.5) is 0 Å². The van der Waals surface area contributed by atoms with Crippen LogP contribution in [0.15, 0.2) is 54.6 Å². The molecular weight excluding hydrogens is 350 g/mol. The lowest BCUT2D eigenvalue weighted by atomic mass is 10.1. The monoisotopic (exact) mass is 369 g/mol. The number of thiophene rings is 1. The van der Waals surface area contributed by atoms with Gasteiger partial charge in [-0.2, -0.15) is 0 Å². The summed E-state index contributed by atoms with van der Waals surface area (Å²) in [6, 6.07) is 18.2. The zero-order valence-corrected chi connectivity index (χ0v) is 16.1. The van der Waals surface area contributed by atoms with Gasteiger partial charge in [-0.05, 0) is 48.4 Å². The maximum Gasteiger partial charge on any atom is 0.253 e. The Morgan fingerprint density at radius 3 is 2.44 bits per heavy atom. The highest BCUT2D eigenvalue weighted by Gasteiger charge is 2.10. The molecule has 128 valence electrons. The molecule has 0 atom stereocenters. The minimum Gasteiger partial charge on any atom is -0.345 e. The summed E-state index contributed by atoms with van der Waals surface area (Å²) in [6.07, 6.45) is 0.836. The van der Waals surface area contributed by atoms with Gasteiger partial charge in [0.2, 0.25) is 0 Å². The summed E-state index contributed by atoms with van der Waals surface area (Å²) >= 11 is 8.07. The van der Waals surface area contributed by atoms with Gasteiger partial charge in [-0.15, -0.1) is 11.3 Å². The Bertz CT molecular complexity index is 897. The molecule has 0 fully saturated rings. The van der Waals surface area contributed by atoms with Gasteiger partial charge in [-0.1, -0.05) is 41.4 Å². The number of halogens is 1. The second-order valence-corrected chi connectivity index (χ2v) is 7.89. The minimum atomic E-state index is 0.0208. The lowest BCUT2D eigenvalue weighted by Gasteiger charge is -2.10. The SMILES string of the molecule is Cc1ccc(Cl)c(Cc2ccc(-c3ccc(C(=O)N(C)C)cc3)s2)c1. The van der Waals surface area contributed by atoms with Crippen LogP contribution in [0.25, 0.3) is 10.4 Å². The van der Waals surface area contributed by atoms with E-state index in [1.807, 2.05) is 36.4 Å². The molecule has 1 amide bonds. The second kappa shape index (κ2) is 7.42. The fourth-order valence-electron chi connectivity index (χ4n) is 2.69. The van der Waals surface area contributed by atoms with Crippen LogP contribution in [0.3, 0.4) is 0 Å². The van der Waals surface area contributed by atoms with E-state index in [4.69, 9.17) is 11.6 Å². The molecule has 0 unspecified atom stereocenters. The first-order valence-corrected chi connectivity index (χ1v) is 9.29. The average Bonchev–Trinajstić information content (AvgIpc) is 3.06. The number of benzene rings is 2. The summed E-state index contributed by atoms with van der Waals surface area (Å²) < 4.78 is 0. The maximum atomic E-state index is 12.0. The van der Waals surface area contributed by atoms with Crippen LogP contribution in [-0.4, -0.2) is 24.9 Å². The van der Waals surface area contributed by atoms with Crippen molar-refractivity contribution in [2.24, 2.45) is 0 Å². The lowest BCUT2D eigenvalue weighted by molar-refractivity contribution is 0.0827. The van der Waals surface area contributed by atoms with Gasteiger partial charge in [-0.25, -0.2) is 0 Å². The summed E-state index contributed by atoms with van der Waals surface area (Å²) in [7, 11) is 3.52. The largest absolute Gasteiger partial charge is 0.345 e. The number of aryl methyl sites for hydroxylation is 1. The van der Waals surface area contributed by atoms with E-state index in [1.54, 1.807) is 30.3 Å². The third kappa shape index (κ3) is 4.12. The molecule has 2 nitrogen and oxygen atoms in total. The molecule has 0 aliphatic heterocycles. The number of hydrogen-bond acceptors (Lipinski definition) is 2. The maximum absolute atomic E-state index is 12.0. The van der Waals surface area contributed by atoms with Gasteiger partial charge in [0, 0.05) is 40.9 Å². The van der Waals surface area contributed by atoms with Gasteiger partial charge in [0.15, 0.2) is 0 Å². The van der Waals surface area contributed by atoms with E-state index in [1.165, 1.54) is 15.3 Å². The van der Waals surface area contributed by atoms with E-state index in [-0.39, 0.29) is 5.91 Å². The van der Waals surface area contributed by atoms with Crippen molar-refractivity contribution in [1.82, 2.24) is 4.90 Å². The number of hydrogen-bond donors (Lipinski definition) is 0. The van der Waals surface area contributed by atoms with Gasteiger partial charge in [0.25, 0.3) is 5.91 Å². The molecular formula is C21H20ClNOS. The van der Waals surface area contributed by atoms with Gasteiger partial charge >= 0.3 is 0 Å². The van der Waals surface area contributed by atoms with E-state index in [0.29, 0.717) is 5.56 Å². The van der Waals surface area contributed by atoms with Gasteiger partial charge in [0.1, 0.15) is 0 Å². The van der Waals surface area contributed by atoms with Crippen molar-refractivity contribution in [2.75, 3.05) is 14.1 Å². The third-order valence-electron chi connectivity index (χ3n) is 4.05. The van der Waals surface area contributed by atoms with E-state index >= 15 is 0 Å². The molecule has 3 aromatic rings. The Labute approximate surface area is 157 Å². The van der Waals surface area contributed by atoms with Crippen LogP contribution in [0.1, 0.15) is 26.4 Å². The number of carbonyl (C=O) groups is 1. The van der Waals surface area contributed by atoms with Crippen molar-refractivity contribution >= 4 is 28.8 Å². The topological polar surface area (TPSA) is 20.3 Å². The Morgan fingerprint density at radius 1 is 1.04 bits per heavy atom. The summed E-state index contributed by atoms with van der Waals surface area (Å²) in [5.41, 5.74) is 4.21. The van der Waals surface area contributed by atoms with Gasteiger partial charge < -0.3 is 4.90 Å². The summed E-state index contributed by atoms with van der Waals surface area (Å²) in [5.74, 6) is 0.0208. The average molecular weight is 370 g/mol. The van der Waals surface area contributed by atoms with Crippen LogP contribution in [0, 0.1) is 6.92 Å². The number of amides is 1. The number of nitrogens with zero attached hydrogens (tertiary/aromatic N) is 1. The van der Waals surface area contributed by atoms with Crippen LogP contribution >= 0.6 is 22.9 Å². The zero-order chi connectivity index (χ0) is 18.0. The van der Waals surface area contributed by atoms with Crippen molar-refractivity contribution in [3.63, 3.8) is 0 Å². The fraction of sp³-hybridized carbons (Fsp3) is 0.190. The quantitative estimate of drug-likeness (QED) is 0.580. The van der Waals surface area contributed by atoms with Gasteiger partial charge in [0.05, 0.1) is 0 Å². The standard InChI is InChI=1S/C21H20ClNOS/c1-14-4-10-19(22)17(12-14)13-18-9-11-20(25-18)15-5-7-16(8-6-15)21(24)23(2)3/h4-12H,13H2,1-3H3. The number of rotatable bonds is 4. The lowest BCUT2D eigenvalue weighted by Crippen LogP contribution is -2.21. The zero-order valence-electron chi connectivity index (χ0n) is 14.5.